The van der Waals surface area contributed by atoms with Crippen LogP contribution in [0.2, 0.25) is 0 Å². The molecular weight excluding hydrogens is 885 g/mol. The van der Waals surface area contributed by atoms with Gasteiger partial charge in [0.2, 0.25) is 0 Å². The van der Waals surface area contributed by atoms with E-state index in [1.807, 2.05) is 44.7 Å². The molecule has 4 aromatic heterocycles. The number of amides is 3. The van der Waals surface area contributed by atoms with Gasteiger partial charge < -0.3 is 46.4 Å². The zero-order chi connectivity index (χ0) is 46.6. The Kier molecular flexibility index (Phi) is 14.7. The van der Waals surface area contributed by atoms with Crippen LogP contribution in [-0.4, -0.2) is 103 Å². The quantitative estimate of drug-likeness (QED) is 0.215. The normalized spacial score (nSPS) is 17.4. The van der Waals surface area contributed by atoms with Gasteiger partial charge in [0.15, 0.2) is 22.7 Å². The maximum Gasteiger partial charge on any atom is 0.290 e. The number of piperazine rings is 2. The zero-order valence-corrected chi connectivity index (χ0v) is 40.0. The number of hydrogen-bond acceptors (Lipinski definition) is 8. The summed E-state index contributed by atoms with van der Waals surface area (Å²) in [6.45, 7) is 19.7. The molecule has 16 heteroatoms. The van der Waals surface area contributed by atoms with Gasteiger partial charge in [-0.1, -0.05) is 27.7 Å². The lowest BCUT2D eigenvalue weighted by molar-refractivity contribution is -0.673. The Morgan fingerprint density at radius 1 is 0.687 bits per heavy atom. The van der Waals surface area contributed by atoms with E-state index in [-0.39, 0.29) is 69.6 Å². The number of nitrogens with zero attached hydrogens (tertiary/aromatic N) is 5. The van der Waals surface area contributed by atoms with E-state index >= 15 is 0 Å². The number of furan rings is 2. The summed E-state index contributed by atoms with van der Waals surface area (Å²) in [5, 5.41) is 12.7. The van der Waals surface area contributed by atoms with Gasteiger partial charge >= 0.3 is 0 Å². The lowest BCUT2D eigenvalue weighted by atomic mass is 9.78. The van der Waals surface area contributed by atoms with Crippen LogP contribution < -0.4 is 17.7 Å². The molecule has 3 N–H and O–H groups in total. The fraction of sp³-hybridized carbons (Fsp3) is 0.431. The zero-order valence-electron chi connectivity index (χ0n) is 39.3. The van der Waals surface area contributed by atoms with Crippen LogP contribution in [0, 0.1) is 11.6 Å². The van der Waals surface area contributed by atoms with Crippen LogP contribution in [0.25, 0.3) is 44.7 Å². The van der Waals surface area contributed by atoms with Crippen LogP contribution in [0.5, 0.6) is 0 Å². The molecule has 1 saturated carbocycles. The second-order valence-corrected chi connectivity index (χ2v) is 19.6. The molecule has 6 heterocycles. The van der Waals surface area contributed by atoms with Crippen molar-refractivity contribution in [1.82, 2.24) is 24.7 Å². The summed E-state index contributed by atoms with van der Waals surface area (Å²) >= 11 is 0. The Bertz CT molecular complexity index is 2770. The molecule has 9 rings (SSSR count). The molecule has 6 aromatic rings. The average molecular weight is 946 g/mol. The van der Waals surface area contributed by atoms with Crippen molar-refractivity contribution in [3.8, 4) is 22.5 Å². The van der Waals surface area contributed by atoms with Crippen LogP contribution in [0.1, 0.15) is 119 Å². The van der Waals surface area contributed by atoms with E-state index < -0.39 is 11.1 Å². The maximum absolute atomic E-state index is 13.6. The third kappa shape index (κ3) is 10.1. The number of carbonyl (C=O) groups is 3. The number of fused-ring (bicyclic) bond motifs is 2. The predicted octanol–water partition coefficient (Wildman–Crippen LogP) is 5.45. The summed E-state index contributed by atoms with van der Waals surface area (Å²) in [6, 6.07) is 19.8. The summed E-state index contributed by atoms with van der Waals surface area (Å²) in [5.41, 5.74) is 5.27. The van der Waals surface area contributed by atoms with Crippen LogP contribution in [0.3, 0.4) is 0 Å². The number of hydrogen-bond donors (Lipinski definition) is 2. The first-order valence-corrected chi connectivity index (χ1v) is 22.6. The van der Waals surface area contributed by atoms with E-state index in [0.29, 0.717) is 72.7 Å². The van der Waals surface area contributed by atoms with Gasteiger partial charge in [-0.3, -0.25) is 19.1 Å². The van der Waals surface area contributed by atoms with Gasteiger partial charge in [0, 0.05) is 54.0 Å². The van der Waals surface area contributed by atoms with Gasteiger partial charge in [0.1, 0.15) is 28.3 Å². The molecule has 3 fully saturated rings. The van der Waals surface area contributed by atoms with Gasteiger partial charge in [-0.25, -0.2) is 18.7 Å². The molecule has 2 saturated heterocycles. The van der Waals surface area contributed by atoms with Crippen molar-refractivity contribution < 1.29 is 59.5 Å². The summed E-state index contributed by atoms with van der Waals surface area (Å²) in [7, 11) is 0. The van der Waals surface area contributed by atoms with Crippen molar-refractivity contribution >= 4 is 39.9 Å². The topological polar surface area (TPSA) is 150 Å². The standard InChI is InChI=1S/C28H32FN3O4.C23H26FN3O2.ClH.FH/c1-17(2)20-14-21(18-6-8-19(29)9-7-18)30-22-15-23(36-24(20)22)25(33)32-13-12-31(16-27(32,3)4)26(34)28(35)10-5-11-28;1-14(2)17-11-18(15-5-7-16(24)8-6-15)26-19-12-20(29-21(17)19)22(28)27-10-9-25-13-23(27,3)4;;/h6-9,14-15,17,35H,5,10-13,16H2,1-4H3;5-8,11-12,14,25H,9-10,13H2,1-4H3;2*1H. The molecule has 3 aliphatic rings. The van der Waals surface area contributed by atoms with Gasteiger partial charge in [-0.15, -0.1) is 0 Å². The highest BCUT2D eigenvalue weighted by molar-refractivity contribution is 5.98. The summed E-state index contributed by atoms with van der Waals surface area (Å²) in [5.74, 6) is -0.368. The Hall–Kier alpha value is -5.77. The SMILES string of the molecule is CC(C)c1cc(-c2ccc(F)cc2)nc2cc(C(=O)N3CCN(C(=O)C4(O)CCC4)CC3(C)C)oc12.CC(C)c1cc(-c2ccc(F)cc2)nc2cc(C(=O)N3CC[NH2+]CC3(C)C)oc12.F.[Cl-]. The number of quaternary nitrogens is 1. The second-order valence-electron chi connectivity index (χ2n) is 19.6. The number of nitrogens with two attached hydrogens (primary N) is 1. The molecule has 12 nitrogen and oxygen atoms in total. The number of aliphatic hydroxyl groups is 1. The predicted molar refractivity (Wildman–Crippen MR) is 247 cm³/mol. The van der Waals surface area contributed by atoms with Crippen LogP contribution in [0.15, 0.2) is 81.6 Å². The fourth-order valence-electron chi connectivity index (χ4n) is 9.15. The van der Waals surface area contributed by atoms with E-state index in [1.165, 1.54) is 24.3 Å². The first kappa shape index (κ1) is 50.6. The van der Waals surface area contributed by atoms with Crippen molar-refractivity contribution in [3.63, 3.8) is 0 Å². The number of rotatable bonds is 7. The molecule has 358 valence electrons. The molecule has 2 aromatic carbocycles. The first-order valence-electron chi connectivity index (χ1n) is 22.6. The highest BCUT2D eigenvalue weighted by Crippen LogP contribution is 2.37. The highest BCUT2D eigenvalue weighted by atomic mass is 35.5. The minimum atomic E-state index is -1.25. The Morgan fingerprint density at radius 3 is 1.52 bits per heavy atom. The lowest BCUT2D eigenvalue weighted by Crippen LogP contribution is -3.00. The maximum atomic E-state index is 13.6. The van der Waals surface area contributed by atoms with Crippen molar-refractivity contribution in [2.75, 3.05) is 39.3 Å². The molecule has 0 bridgehead atoms. The van der Waals surface area contributed by atoms with Crippen molar-refractivity contribution in [2.45, 2.75) is 103 Å². The number of carbonyl (C=O) groups excluding carboxylic acids is 3. The van der Waals surface area contributed by atoms with E-state index in [2.05, 4.69) is 33.0 Å². The molecule has 2 aliphatic heterocycles. The number of aromatic nitrogens is 2. The molecular formula is C51H60ClF3N6O6. The van der Waals surface area contributed by atoms with Crippen LogP contribution in [-0.2, 0) is 4.79 Å². The van der Waals surface area contributed by atoms with Gasteiger partial charge in [0.25, 0.3) is 17.7 Å². The van der Waals surface area contributed by atoms with E-state index in [9.17, 15) is 28.3 Å². The van der Waals surface area contributed by atoms with E-state index in [0.717, 1.165) is 47.5 Å². The first-order chi connectivity index (χ1) is 30.7. The molecule has 0 radical (unpaired) electrons. The van der Waals surface area contributed by atoms with E-state index in [1.54, 1.807) is 46.2 Å². The molecule has 1 aliphatic carbocycles. The third-order valence-corrected chi connectivity index (χ3v) is 13.2. The number of benzene rings is 2. The Balaban J connectivity index is 0.000000219. The highest BCUT2D eigenvalue weighted by Gasteiger charge is 2.48. The Morgan fingerprint density at radius 2 is 1.13 bits per heavy atom. The van der Waals surface area contributed by atoms with Gasteiger partial charge in [-0.2, -0.15) is 0 Å². The molecule has 0 spiro atoms. The average Bonchev–Trinajstić information content (AvgIpc) is 3.89. The number of halogens is 4. The summed E-state index contributed by atoms with van der Waals surface area (Å²) < 4.78 is 38.9. The number of pyridine rings is 2. The van der Waals surface area contributed by atoms with Crippen molar-refractivity contribution in [2.24, 2.45) is 0 Å². The minimum absolute atomic E-state index is 0. The van der Waals surface area contributed by atoms with Crippen molar-refractivity contribution in [3.05, 3.63) is 107 Å². The molecule has 0 atom stereocenters. The van der Waals surface area contributed by atoms with Crippen molar-refractivity contribution in [1.29, 1.82) is 0 Å². The van der Waals surface area contributed by atoms with Gasteiger partial charge in [0.05, 0.1) is 42.1 Å². The summed E-state index contributed by atoms with van der Waals surface area (Å²) in [6.07, 6.45) is 1.84. The smallest absolute Gasteiger partial charge is 0.290 e. The second kappa shape index (κ2) is 19.4. The minimum Gasteiger partial charge on any atom is -1.00 e. The van der Waals surface area contributed by atoms with Crippen LogP contribution >= 0.6 is 0 Å². The fourth-order valence-corrected chi connectivity index (χ4v) is 9.15. The summed E-state index contributed by atoms with van der Waals surface area (Å²) in [4.78, 5) is 54.4. The van der Waals surface area contributed by atoms with Gasteiger partial charge in [-0.05, 0) is 119 Å². The third-order valence-electron chi connectivity index (χ3n) is 13.2. The largest absolute Gasteiger partial charge is 1.00 e. The Labute approximate surface area is 394 Å². The van der Waals surface area contributed by atoms with Crippen LogP contribution in [0.4, 0.5) is 13.5 Å². The molecule has 3 amide bonds. The molecule has 0 unspecified atom stereocenters. The molecule has 67 heavy (non-hydrogen) atoms. The van der Waals surface area contributed by atoms with E-state index in [4.69, 9.17) is 18.8 Å². The monoisotopic (exact) mass is 944 g/mol. The lowest BCUT2D eigenvalue weighted by Gasteiger charge is -2.49.